The fourth-order valence-electron chi connectivity index (χ4n) is 8.26. The van der Waals surface area contributed by atoms with Gasteiger partial charge in [0.2, 0.25) is 0 Å². The maximum absolute atomic E-state index is 13.1. The van der Waals surface area contributed by atoms with Crippen molar-refractivity contribution in [3.8, 4) is 0 Å². The first-order valence-electron chi connectivity index (χ1n) is 11.3. The summed E-state index contributed by atoms with van der Waals surface area (Å²) in [6, 6.07) is 0. The molecule has 0 aliphatic heterocycles. The van der Waals surface area contributed by atoms with Gasteiger partial charge in [-0.1, -0.05) is 26.3 Å². The van der Waals surface area contributed by atoms with E-state index in [-0.39, 0.29) is 47.4 Å². The highest BCUT2D eigenvalue weighted by molar-refractivity contribution is 5.92. The third-order valence-corrected chi connectivity index (χ3v) is 9.40. The van der Waals surface area contributed by atoms with Gasteiger partial charge in [0.1, 0.15) is 19.0 Å². The van der Waals surface area contributed by atoms with Gasteiger partial charge in [-0.3, -0.25) is 9.59 Å². The summed E-state index contributed by atoms with van der Waals surface area (Å²) in [4.78, 5) is 25.2. The summed E-state index contributed by atoms with van der Waals surface area (Å²) in [7, 11) is 1.53. The molecule has 0 heterocycles. The number of fused-ring (bicyclic) bond motifs is 5. The molecule has 0 aromatic heterocycles. The van der Waals surface area contributed by atoms with Gasteiger partial charge in [-0.05, 0) is 67.3 Å². The molecule has 4 aliphatic rings. The molecule has 3 fully saturated rings. The summed E-state index contributed by atoms with van der Waals surface area (Å²) in [5.74, 6) is 0.365. The van der Waals surface area contributed by atoms with Crippen LogP contribution in [0.25, 0.3) is 0 Å². The number of aliphatic hydroxyl groups is 2. The van der Waals surface area contributed by atoms with Gasteiger partial charge in [-0.2, -0.15) is 0 Å². The van der Waals surface area contributed by atoms with E-state index < -0.39 is 23.7 Å². The predicted molar refractivity (Wildman–Crippen MR) is 110 cm³/mol. The zero-order chi connectivity index (χ0) is 21.9. The summed E-state index contributed by atoms with van der Waals surface area (Å²) in [5, 5.41) is 21.3. The lowest BCUT2D eigenvalue weighted by molar-refractivity contribution is -0.223. The predicted octanol–water partition coefficient (Wildman–Crippen LogP) is 2.66. The molecule has 0 saturated heterocycles. The average molecular weight is 421 g/mol. The Morgan fingerprint density at radius 2 is 2.03 bits per heavy atom. The number of allylic oxidation sites excluding steroid dienone is 1. The molecule has 6 nitrogen and oxygen atoms in total. The first kappa shape index (κ1) is 22.1. The molecule has 0 aromatic carbocycles. The molecule has 0 radical (unpaired) electrons. The number of hydrogen-bond acceptors (Lipinski definition) is 6. The van der Waals surface area contributed by atoms with E-state index in [0.717, 1.165) is 25.7 Å². The number of ether oxygens (including phenoxy) is 2. The number of ketones is 2. The van der Waals surface area contributed by atoms with E-state index in [2.05, 4.69) is 13.8 Å². The van der Waals surface area contributed by atoms with Gasteiger partial charge in [0.25, 0.3) is 0 Å². The molecule has 168 valence electrons. The van der Waals surface area contributed by atoms with E-state index in [9.17, 15) is 19.8 Å². The largest absolute Gasteiger partial charge is 0.393 e. The number of rotatable bonds is 5. The fourth-order valence-corrected chi connectivity index (χ4v) is 8.26. The first-order valence-corrected chi connectivity index (χ1v) is 11.3. The molecule has 0 aromatic rings. The van der Waals surface area contributed by atoms with Crippen LogP contribution < -0.4 is 0 Å². The van der Waals surface area contributed by atoms with E-state index in [1.807, 2.05) is 13.0 Å². The van der Waals surface area contributed by atoms with E-state index in [4.69, 9.17) is 9.47 Å². The molecule has 3 saturated carbocycles. The van der Waals surface area contributed by atoms with Crippen LogP contribution in [-0.4, -0.2) is 54.0 Å². The van der Waals surface area contributed by atoms with Gasteiger partial charge >= 0.3 is 0 Å². The van der Waals surface area contributed by atoms with Crippen molar-refractivity contribution in [2.75, 3.05) is 20.5 Å². The minimum Gasteiger partial charge on any atom is -0.393 e. The van der Waals surface area contributed by atoms with Gasteiger partial charge in [0.15, 0.2) is 11.6 Å². The van der Waals surface area contributed by atoms with Crippen molar-refractivity contribution in [2.24, 2.45) is 34.5 Å². The second kappa shape index (κ2) is 7.51. The normalized spacial score (nSPS) is 47.9. The van der Waals surface area contributed by atoms with E-state index in [0.29, 0.717) is 12.8 Å². The van der Waals surface area contributed by atoms with Gasteiger partial charge < -0.3 is 19.7 Å². The van der Waals surface area contributed by atoms with Crippen LogP contribution in [0.3, 0.4) is 0 Å². The van der Waals surface area contributed by atoms with Crippen LogP contribution in [0.1, 0.15) is 59.3 Å². The van der Waals surface area contributed by atoms with Crippen molar-refractivity contribution >= 4 is 11.6 Å². The maximum Gasteiger partial charge on any atom is 0.190 e. The van der Waals surface area contributed by atoms with Crippen LogP contribution in [0.15, 0.2) is 11.6 Å². The number of carbonyl (C=O) groups excluding carboxylic acids is 2. The van der Waals surface area contributed by atoms with Gasteiger partial charge in [0, 0.05) is 18.9 Å². The molecule has 0 spiro atoms. The fraction of sp³-hybridized carbons (Fsp3) is 0.833. The zero-order valence-electron chi connectivity index (χ0n) is 18.6. The Kier molecular flexibility index (Phi) is 5.54. The average Bonchev–Trinajstić information content (AvgIpc) is 2.93. The molecule has 4 aliphatic carbocycles. The van der Waals surface area contributed by atoms with Crippen LogP contribution in [0, 0.1) is 34.5 Å². The quantitative estimate of drug-likeness (QED) is 0.664. The highest BCUT2D eigenvalue weighted by Gasteiger charge is 2.71. The Labute approximate surface area is 179 Å². The summed E-state index contributed by atoms with van der Waals surface area (Å²) >= 11 is 0. The standard InChI is InChI=1S/C24H36O6/c1-14-9-18-17-6-5-15-10-16(26)7-8-22(15,2)21(17)19(27)11-23(18,3)24(14,20(28)12-25)30-13-29-4/h10,14,17-19,21,25,27H,5-9,11-13H2,1-4H3/t14?,17-,18-,19?,21+,22-,23-,24-/m0/s1. The van der Waals surface area contributed by atoms with Gasteiger partial charge in [-0.15, -0.1) is 0 Å². The number of methoxy groups -OCH3 is 1. The molecule has 6 heteroatoms. The lowest BCUT2D eigenvalue weighted by atomic mass is 9.45. The van der Waals surface area contributed by atoms with Crippen molar-refractivity contribution in [3.63, 3.8) is 0 Å². The maximum atomic E-state index is 13.1. The smallest absolute Gasteiger partial charge is 0.190 e. The lowest BCUT2D eigenvalue weighted by Gasteiger charge is -2.61. The summed E-state index contributed by atoms with van der Waals surface area (Å²) < 4.78 is 11.3. The molecular formula is C24H36O6. The van der Waals surface area contributed by atoms with Crippen LogP contribution in [0.4, 0.5) is 0 Å². The first-order chi connectivity index (χ1) is 14.2. The highest BCUT2D eigenvalue weighted by atomic mass is 16.7. The van der Waals surface area contributed by atoms with Crippen LogP contribution in [0.5, 0.6) is 0 Å². The van der Waals surface area contributed by atoms with E-state index in [1.54, 1.807) is 0 Å². The zero-order valence-corrected chi connectivity index (χ0v) is 18.6. The Balaban J connectivity index is 1.77. The van der Waals surface area contributed by atoms with Gasteiger partial charge in [-0.25, -0.2) is 0 Å². The minimum absolute atomic E-state index is 0.0186. The Hall–Kier alpha value is -1.08. The number of hydrogen-bond donors (Lipinski definition) is 2. The SMILES string of the molecule is COCO[C@]1(C(=O)CO)C(C)C[C@H]2[C@@H]3CCC4=CC(=O)CC[C@]4(C)[C@H]3C(O)C[C@@]21C. The summed E-state index contributed by atoms with van der Waals surface area (Å²) in [6.07, 6.45) is 5.64. The van der Waals surface area contributed by atoms with E-state index >= 15 is 0 Å². The third kappa shape index (κ3) is 2.76. The summed E-state index contributed by atoms with van der Waals surface area (Å²) in [6.45, 7) is 5.73. The number of Topliss-reactive ketones (excluding diaryl/α,β-unsaturated/α-hetero) is 1. The van der Waals surface area contributed by atoms with Crippen molar-refractivity contribution in [3.05, 3.63) is 11.6 Å². The molecule has 4 rings (SSSR count). The Morgan fingerprint density at radius 1 is 1.30 bits per heavy atom. The molecule has 2 N–H and O–H groups in total. The molecule has 2 unspecified atom stereocenters. The van der Waals surface area contributed by atoms with Crippen molar-refractivity contribution in [2.45, 2.75) is 71.0 Å². The number of aliphatic hydroxyl groups excluding tert-OH is 2. The molecule has 30 heavy (non-hydrogen) atoms. The topological polar surface area (TPSA) is 93.1 Å². The second-order valence-electron chi connectivity index (χ2n) is 10.6. The molecule has 0 bridgehead atoms. The number of carbonyl (C=O) groups is 2. The van der Waals surface area contributed by atoms with Crippen molar-refractivity contribution in [1.29, 1.82) is 0 Å². The molecule has 8 atom stereocenters. The van der Waals surface area contributed by atoms with Crippen molar-refractivity contribution in [1.82, 2.24) is 0 Å². The van der Waals surface area contributed by atoms with Crippen molar-refractivity contribution < 1.29 is 29.3 Å². The third-order valence-electron chi connectivity index (χ3n) is 9.40. The van der Waals surface area contributed by atoms with Crippen LogP contribution >= 0.6 is 0 Å². The van der Waals surface area contributed by atoms with E-state index in [1.165, 1.54) is 12.7 Å². The van der Waals surface area contributed by atoms with Gasteiger partial charge in [0.05, 0.1) is 6.10 Å². The Morgan fingerprint density at radius 3 is 2.70 bits per heavy atom. The molecule has 0 amide bonds. The minimum atomic E-state index is -1.16. The Bertz CT molecular complexity index is 761. The monoisotopic (exact) mass is 420 g/mol. The highest BCUT2D eigenvalue weighted by Crippen LogP contribution is 2.69. The van der Waals surface area contributed by atoms with Crippen LogP contribution in [0.2, 0.25) is 0 Å². The second-order valence-corrected chi connectivity index (χ2v) is 10.6. The summed E-state index contributed by atoms with van der Waals surface area (Å²) in [5.41, 5.74) is -0.705. The lowest BCUT2D eigenvalue weighted by Crippen LogP contribution is -2.64. The van der Waals surface area contributed by atoms with Crippen LogP contribution in [-0.2, 0) is 19.1 Å². The molecular weight excluding hydrogens is 384 g/mol.